The van der Waals surface area contributed by atoms with Gasteiger partial charge in [0.25, 0.3) is 0 Å². The number of hydrogen-bond donors (Lipinski definition) is 0. The quantitative estimate of drug-likeness (QED) is 0.422. The van der Waals surface area contributed by atoms with Crippen molar-refractivity contribution in [3.05, 3.63) is 11.1 Å². The Morgan fingerprint density at radius 3 is 2.16 bits per heavy atom. The van der Waals surface area contributed by atoms with E-state index in [4.69, 9.17) is 0 Å². The standard InChI is InChI=1S/C24H42O/c1-6-15-24(5,16-7-2)17-14-22-21-11-10-18(8-3)19(9-4)20(21)12-13-23(22)25/h18-20H,6-17H2,1-5H3. The molecule has 144 valence electrons. The lowest BCUT2D eigenvalue weighted by Gasteiger charge is -2.43. The minimum Gasteiger partial charge on any atom is -0.295 e. The fraction of sp³-hybridized carbons (Fsp3) is 0.875. The fourth-order valence-electron chi connectivity index (χ4n) is 6.14. The van der Waals surface area contributed by atoms with Gasteiger partial charge in [0.1, 0.15) is 0 Å². The molecule has 2 rings (SSSR count). The molecule has 0 aliphatic heterocycles. The molecule has 0 radical (unpaired) electrons. The number of ketones is 1. The minimum atomic E-state index is 0.426. The van der Waals surface area contributed by atoms with E-state index in [9.17, 15) is 4.79 Å². The van der Waals surface area contributed by atoms with Gasteiger partial charge in [0.05, 0.1) is 0 Å². The highest BCUT2D eigenvalue weighted by Crippen LogP contribution is 2.48. The lowest BCUT2D eigenvalue weighted by Crippen LogP contribution is -2.34. The first kappa shape index (κ1) is 20.7. The monoisotopic (exact) mass is 346 g/mol. The molecule has 1 heteroatoms. The Bertz CT molecular complexity index is 466. The van der Waals surface area contributed by atoms with E-state index in [1.807, 2.05) is 0 Å². The summed E-state index contributed by atoms with van der Waals surface area (Å²) in [6, 6.07) is 0. The number of carbonyl (C=O) groups is 1. The summed E-state index contributed by atoms with van der Waals surface area (Å²) in [7, 11) is 0. The smallest absolute Gasteiger partial charge is 0.158 e. The molecule has 2 aliphatic carbocycles. The third kappa shape index (κ3) is 4.77. The Labute approximate surface area is 157 Å². The molecule has 2 aliphatic rings. The SMILES string of the molecule is CCCC(C)(CCC)CCC1=C2CCC(CC)C(CC)C2CCC1=O. The molecule has 1 saturated carbocycles. The topological polar surface area (TPSA) is 17.1 Å². The number of Topliss-reactive ketones (excluding diaryl/α,β-unsaturated/α-hetero) is 1. The number of hydrogen-bond acceptors (Lipinski definition) is 1. The van der Waals surface area contributed by atoms with Crippen LogP contribution in [0.2, 0.25) is 0 Å². The van der Waals surface area contributed by atoms with E-state index in [0.717, 1.165) is 37.0 Å². The molecule has 3 atom stereocenters. The normalized spacial score (nSPS) is 27.6. The Morgan fingerprint density at radius 1 is 0.920 bits per heavy atom. The largest absolute Gasteiger partial charge is 0.295 e. The number of carbonyl (C=O) groups excluding carboxylic acids is 1. The van der Waals surface area contributed by atoms with Crippen LogP contribution in [0.4, 0.5) is 0 Å². The van der Waals surface area contributed by atoms with E-state index < -0.39 is 0 Å². The zero-order valence-electron chi connectivity index (χ0n) is 17.6. The van der Waals surface area contributed by atoms with E-state index in [1.165, 1.54) is 63.4 Å². The van der Waals surface area contributed by atoms with Crippen molar-refractivity contribution >= 4 is 5.78 Å². The summed E-state index contributed by atoms with van der Waals surface area (Å²) in [5, 5.41) is 0. The molecule has 0 heterocycles. The molecule has 1 nitrogen and oxygen atoms in total. The van der Waals surface area contributed by atoms with Crippen LogP contribution in [-0.4, -0.2) is 5.78 Å². The van der Waals surface area contributed by atoms with Crippen molar-refractivity contribution in [2.75, 3.05) is 0 Å². The number of allylic oxidation sites excluding steroid dienone is 2. The van der Waals surface area contributed by atoms with Crippen LogP contribution in [0.3, 0.4) is 0 Å². The van der Waals surface area contributed by atoms with Gasteiger partial charge in [-0.05, 0) is 73.7 Å². The lowest BCUT2D eigenvalue weighted by atomic mass is 9.62. The van der Waals surface area contributed by atoms with Gasteiger partial charge >= 0.3 is 0 Å². The van der Waals surface area contributed by atoms with Crippen LogP contribution in [-0.2, 0) is 4.79 Å². The summed E-state index contributed by atoms with van der Waals surface area (Å²) in [6.45, 7) is 11.8. The zero-order chi connectivity index (χ0) is 18.4. The Hall–Kier alpha value is -0.590. The fourth-order valence-corrected chi connectivity index (χ4v) is 6.14. The predicted octanol–water partition coefficient (Wildman–Crippen LogP) is 7.50. The summed E-state index contributed by atoms with van der Waals surface area (Å²) >= 11 is 0. The van der Waals surface area contributed by atoms with Crippen molar-refractivity contribution in [2.45, 2.75) is 112 Å². The summed E-state index contributed by atoms with van der Waals surface area (Å²) < 4.78 is 0. The molecule has 1 fully saturated rings. The van der Waals surface area contributed by atoms with Gasteiger partial charge < -0.3 is 0 Å². The van der Waals surface area contributed by atoms with Gasteiger partial charge in [0.15, 0.2) is 5.78 Å². The lowest BCUT2D eigenvalue weighted by molar-refractivity contribution is -0.117. The Morgan fingerprint density at radius 2 is 1.60 bits per heavy atom. The average Bonchev–Trinajstić information content (AvgIpc) is 2.60. The second-order valence-corrected chi connectivity index (χ2v) is 9.16. The summed E-state index contributed by atoms with van der Waals surface area (Å²) in [6.07, 6.45) is 14.5. The van der Waals surface area contributed by atoms with Gasteiger partial charge in [0.2, 0.25) is 0 Å². The first-order chi connectivity index (χ1) is 12.0. The van der Waals surface area contributed by atoms with Crippen LogP contribution in [0.25, 0.3) is 0 Å². The second kappa shape index (κ2) is 9.38. The van der Waals surface area contributed by atoms with E-state index in [1.54, 1.807) is 5.57 Å². The second-order valence-electron chi connectivity index (χ2n) is 9.16. The molecule has 0 amide bonds. The molecule has 25 heavy (non-hydrogen) atoms. The number of fused-ring (bicyclic) bond motifs is 1. The maximum absolute atomic E-state index is 12.8. The van der Waals surface area contributed by atoms with E-state index in [2.05, 4.69) is 34.6 Å². The molecule has 0 saturated heterocycles. The molecule has 0 aromatic carbocycles. The summed E-state index contributed by atoms with van der Waals surface area (Å²) in [5.74, 6) is 2.93. The van der Waals surface area contributed by atoms with E-state index in [-0.39, 0.29) is 0 Å². The van der Waals surface area contributed by atoms with Crippen molar-refractivity contribution in [3.8, 4) is 0 Å². The average molecular weight is 347 g/mol. The van der Waals surface area contributed by atoms with E-state index >= 15 is 0 Å². The molecule has 3 unspecified atom stereocenters. The van der Waals surface area contributed by atoms with Crippen LogP contribution in [0.1, 0.15) is 112 Å². The van der Waals surface area contributed by atoms with Crippen LogP contribution in [0.5, 0.6) is 0 Å². The Balaban J connectivity index is 2.19. The van der Waals surface area contributed by atoms with Gasteiger partial charge in [-0.3, -0.25) is 4.79 Å². The summed E-state index contributed by atoms with van der Waals surface area (Å²) in [4.78, 5) is 12.8. The van der Waals surface area contributed by atoms with Crippen molar-refractivity contribution < 1.29 is 4.79 Å². The molecule has 0 aromatic rings. The highest BCUT2D eigenvalue weighted by atomic mass is 16.1. The van der Waals surface area contributed by atoms with Gasteiger partial charge in [0, 0.05) is 6.42 Å². The third-order valence-corrected chi connectivity index (χ3v) is 7.44. The van der Waals surface area contributed by atoms with Crippen molar-refractivity contribution in [2.24, 2.45) is 23.2 Å². The van der Waals surface area contributed by atoms with E-state index in [0.29, 0.717) is 11.2 Å². The number of rotatable bonds is 9. The maximum atomic E-state index is 12.8. The van der Waals surface area contributed by atoms with Crippen LogP contribution in [0.15, 0.2) is 11.1 Å². The van der Waals surface area contributed by atoms with Crippen LogP contribution in [0, 0.1) is 23.2 Å². The third-order valence-electron chi connectivity index (χ3n) is 7.44. The Kier molecular flexibility index (Phi) is 7.77. The van der Waals surface area contributed by atoms with Gasteiger partial charge in [-0.25, -0.2) is 0 Å². The first-order valence-electron chi connectivity index (χ1n) is 11.2. The predicted molar refractivity (Wildman–Crippen MR) is 109 cm³/mol. The molecular weight excluding hydrogens is 304 g/mol. The minimum absolute atomic E-state index is 0.426. The zero-order valence-corrected chi connectivity index (χ0v) is 17.6. The van der Waals surface area contributed by atoms with Gasteiger partial charge in [-0.1, -0.05) is 65.9 Å². The highest BCUT2D eigenvalue weighted by molar-refractivity contribution is 5.97. The van der Waals surface area contributed by atoms with Crippen molar-refractivity contribution in [1.82, 2.24) is 0 Å². The van der Waals surface area contributed by atoms with Gasteiger partial charge in [-0.2, -0.15) is 0 Å². The van der Waals surface area contributed by atoms with Crippen LogP contribution >= 0.6 is 0 Å². The molecule has 0 N–H and O–H groups in total. The summed E-state index contributed by atoms with van der Waals surface area (Å²) in [5.41, 5.74) is 3.31. The maximum Gasteiger partial charge on any atom is 0.158 e. The molecule has 0 bridgehead atoms. The van der Waals surface area contributed by atoms with Crippen LogP contribution < -0.4 is 0 Å². The van der Waals surface area contributed by atoms with Crippen molar-refractivity contribution in [1.29, 1.82) is 0 Å². The molecule has 0 aromatic heterocycles. The molecule has 0 spiro atoms. The van der Waals surface area contributed by atoms with Gasteiger partial charge in [-0.15, -0.1) is 0 Å². The highest BCUT2D eigenvalue weighted by Gasteiger charge is 2.39. The van der Waals surface area contributed by atoms with Crippen molar-refractivity contribution in [3.63, 3.8) is 0 Å². The first-order valence-corrected chi connectivity index (χ1v) is 11.2. The molecular formula is C24H42O.